The van der Waals surface area contributed by atoms with Crippen molar-refractivity contribution < 1.29 is 9.53 Å². The maximum Gasteiger partial charge on any atom is 0.119 e. The molecule has 1 aromatic rings. The molecule has 1 rings (SSSR count). The Hall–Kier alpha value is -1.02. The molecule has 88 valence electrons. The molecule has 0 spiro atoms. The third-order valence-corrected chi connectivity index (χ3v) is 2.55. The maximum atomic E-state index is 10.1. The van der Waals surface area contributed by atoms with Crippen LogP contribution < -0.4 is 4.74 Å². The topological polar surface area (TPSA) is 26.3 Å². The number of rotatable bonds is 8. The predicted octanol–water partition coefficient (Wildman–Crippen LogP) is 3.87. The molecule has 0 aliphatic carbocycles. The summed E-state index contributed by atoms with van der Waals surface area (Å²) in [5.41, 5.74) is 0. The molecular formula is C13H17ClO2. The molecule has 0 aliphatic rings. The van der Waals surface area contributed by atoms with Gasteiger partial charge in [0.2, 0.25) is 0 Å². The van der Waals surface area contributed by atoms with Gasteiger partial charge in [0.25, 0.3) is 0 Å². The Morgan fingerprint density at radius 1 is 1.06 bits per heavy atom. The van der Waals surface area contributed by atoms with Gasteiger partial charge in [-0.2, -0.15) is 0 Å². The van der Waals surface area contributed by atoms with Crippen LogP contribution in [0.25, 0.3) is 0 Å². The number of hydrogen-bond donors (Lipinski definition) is 0. The van der Waals surface area contributed by atoms with Gasteiger partial charge in [0, 0.05) is 11.4 Å². The number of aldehydes is 1. The average molecular weight is 241 g/mol. The number of hydrogen-bond acceptors (Lipinski definition) is 2. The Labute approximate surface area is 102 Å². The molecule has 0 bridgehead atoms. The lowest BCUT2D eigenvalue weighted by Gasteiger charge is -2.05. The minimum atomic E-state index is 0.679. The van der Waals surface area contributed by atoms with Crippen molar-refractivity contribution in [3.05, 3.63) is 29.3 Å². The summed E-state index contributed by atoms with van der Waals surface area (Å²) in [6, 6.07) is 7.38. The standard InChI is InChI=1S/C13H17ClO2/c14-12-6-8-13(9-7-12)16-11-5-3-1-2-4-10-15/h6-10H,1-5,11H2. The Morgan fingerprint density at radius 2 is 1.75 bits per heavy atom. The van der Waals surface area contributed by atoms with E-state index in [2.05, 4.69) is 0 Å². The van der Waals surface area contributed by atoms with Crippen molar-refractivity contribution in [3.63, 3.8) is 0 Å². The van der Waals surface area contributed by atoms with Crippen LogP contribution >= 0.6 is 11.6 Å². The number of carbonyl (C=O) groups is 1. The molecule has 0 radical (unpaired) electrons. The van der Waals surface area contributed by atoms with Crippen LogP contribution in [0.3, 0.4) is 0 Å². The summed E-state index contributed by atoms with van der Waals surface area (Å²) in [7, 11) is 0. The van der Waals surface area contributed by atoms with E-state index in [0.29, 0.717) is 6.42 Å². The van der Waals surface area contributed by atoms with E-state index < -0.39 is 0 Å². The fourth-order valence-electron chi connectivity index (χ4n) is 1.40. The summed E-state index contributed by atoms with van der Waals surface area (Å²) < 4.78 is 5.54. The number of halogens is 1. The highest BCUT2D eigenvalue weighted by Crippen LogP contribution is 2.15. The normalized spacial score (nSPS) is 10.1. The fraction of sp³-hybridized carbons (Fsp3) is 0.462. The molecule has 0 N–H and O–H groups in total. The summed E-state index contributed by atoms with van der Waals surface area (Å²) in [6.45, 7) is 0.725. The zero-order chi connectivity index (χ0) is 11.6. The first-order valence-electron chi connectivity index (χ1n) is 5.65. The quantitative estimate of drug-likeness (QED) is 0.509. The van der Waals surface area contributed by atoms with Crippen LogP contribution in [0.1, 0.15) is 32.1 Å². The van der Waals surface area contributed by atoms with Gasteiger partial charge in [0.1, 0.15) is 12.0 Å². The van der Waals surface area contributed by atoms with Crippen molar-refractivity contribution in [3.8, 4) is 5.75 Å². The maximum absolute atomic E-state index is 10.1. The van der Waals surface area contributed by atoms with Crippen molar-refractivity contribution in [1.29, 1.82) is 0 Å². The van der Waals surface area contributed by atoms with Crippen LogP contribution in [0.2, 0.25) is 5.02 Å². The van der Waals surface area contributed by atoms with Gasteiger partial charge in [0.05, 0.1) is 6.61 Å². The molecule has 0 aliphatic heterocycles. The first-order chi connectivity index (χ1) is 7.83. The van der Waals surface area contributed by atoms with Crippen LogP contribution in [0.4, 0.5) is 0 Å². The van der Waals surface area contributed by atoms with Gasteiger partial charge in [-0.05, 0) is 37.1 Å². The van der Waals surface area contributed by atoms with Crippen LogP contribution in [0.15, 0.2) is 24.3 Å². The number of ether oxygens (including phenoxy) is 1. The van der Waals surface area contributed by atoms with E-state index in [4.69, 9.17) is 16.3 Å². The van der Waals surface area contributed by atoms with Gasteiger partial charge < -0.3 is 9.53 Å². The molecule has 0 unspecified atom stereocenters. The van der Waals surface area contributed by atoms with E-state index >= 15 is 0 Å². The molecule has 3 heteroatoms. The molecule has 0 atom stereocenters. The molecule has 0 amide bonds. The van der Waals surface area contributed by atoms with Crippen molar-refractivity contribution >= 4 is 17.9 Å². The van der Waals surface area contributed by atoms with E-state index in [0.717, 1.165) is 49.3 Å². The largest absolute Gasteiger partial charge is 0.494 e. The Bertz CT molecular complexity index is 295. The second-order valence-electron chi connectivity index (χ2n) is 3.67. The predicted molar refractivity (Wildman–Crippen MR) is 66.1 cm³/mol. The molecule has 0 aromatic heterocycles. The molecule has 0 heterocycles. The third kappa shape index (κ3) is 5.76. The van der Waals surface area contributed by atoms with E-state index in [9.17, 15) is 4.79 Å². The van der Waals surface area contributed by atoms with E-state index in [1.807, 2.05) is 24.3 Å². The van der Waals surface area contributed by atoms with Crippen LogP contribution in [-0.2, 0) is 4.79 Å². The second-order valence-corrected chi connectivity index (χ2v) is 4.11. The minimum absolute atomic E-state index is 0.679. The number of benzene rings is 1. The summed E-state index contributed by atoms with van der Waals surface area (Å²) in [4.78, 5) is 10.1. The van der Waals surface area contributed by atoms with Crippen LogP contribution in [0, 0.1) is 0 Å². The zero-order valence-corrected chi connectivity index (χ0v) is 10.1. The highest BCUT2D eigenvalue weighted by atomic mass is 35.5. The Kier molecular flexibility index (Phi) is 6.66. The molecule has 2 nitrogen and oxygen atoms in total. The minimum Gasteiger partial charge on any atom is -0.494 e. The Balaban J connectivity index is 2.02. The summed E-state index contributed by atoms with van der Waals surface area (Å²) in [6.07, 6.45) is 5.89. The van der Waals surface area contributed by atoms with E-state index in [1.54, 1.807) is 0 Å². The second kappa shape index (κ2) is 8.17. The van der Waals surface area contributed by atoms with Crippen molar-refractivity contribution in [2.45, 2.75) is 32.1 Å². The summed E-state index contributed by atoms with van der Waals surface area (Å²) in [5, 5.41) is 0.723. The molecule has 0 saturated heterocycles. The van der Waals surface area contributed by atoms with Crippen LogP contribution in [-0.4, -0.2) is 12.9 Å². The van der Waals surface area contributed by atoms with Crippen molar-refractivity contribution in [2.24, 2.45) is 0 Å². The third-order valence-electron chi connectivity index (χ3n) is 2.30. The molecule has 0 saturated carbocycles. The molecule has 0 fully saturated rings. The van der Waals surface area contributed by atoms with E-state index in [-0.39, 0.29) is 0 Å². The zero-order valence-electron chi connectivity index (χ0n) is 9.32. The van der Waals surface area contributed by atoms with Crippen molar-refractivity contribution in [1.82, 2.24) is 0 Å². The van der Waals surface area contributed by atoms with Crippen molar-refractivity contribution in [2.75, 3.05) is 6.61 Å². The average Bonchev–Trinajstić information content (AvgIpc) is 2.30. The Morgan fingerprint density at radius 3 is 2.44 bits per heavy atom. The smallest absolute Gasteiger partial charge is 0.119 e. The lowest BCUT2D eigenvalue weighted by Crippen LogP contribution is -1.96. The van der Waals surface area contributed by atoms with Gasteiger partial charge in [-0.3, -0.25) is 0 Å². The van der Waals surface area contributed by atoms with E-state index in [1.165, 1.54) is 0 Å². The first-order valence-corrected chi connectivity index (χ1v) is 6.03. The highest BCUT2D eigenvalue weighted by Gasteiger charge is 1.94. The van der Waals surface area contributed by atoms with Crippen LogP contribution in [0.5, 0.6) is 5.75 Å². The fourth-order valence-corrected chi connectivity index (χ4v) is 1.53. The molecular weight excluding hydrogens is 224 g/mol. The molecule has 16 heavy (non-hydrogen) atoms. The number of unbranched alkanes of at least 4 members (excludes halogenated alkanes) is 4. The van der Waals surface area contributed by atoms with Gasteiger partial charge in [0.15, 0.2) is 0 Å². The first kappa shape index (κ1) is 13.0. The summed E-state index contributed by atoms with van der Waals surface area (Å²) in [5.74, 6) is 0.859. The van der Waals surface area contributed by atoms with Gasteiger partial charge in [-0.1, -0.05) is 24.4 Å². The summed E-state index contributed by atoms with van der Waals surface area (Å²) >= 11 is 5.76. The number of carbonyl (C=O) groups excluding carboxylic acids is 1. The SMILES string of the molecule is O=CCCCCCCOc1ccc(Cl)cc1. The lowest BCUT2D eigenvalue weighted by atomic mass is 10.2. The van der Waals surface area contributed by atoms with Gasteiger partial charge in [-0.15, -0.1) is 0 Å². The van der Waals surface area contributed by atoms with Gasteiger partial charge in [-0.25, -0.2) is 0 Å². The lowest BCUT2D eigenvalue weighted by molar-refractivity contribution is -0.107. The van der Waals surface area contributed by atoms with Gasteiger partial charge >= 0.3 is 0 Å². The molecule has 1 aromatic carbocycles. The highest BCUT2D eigenvalue weighted by molar-refractivity contribution is 6.30. The monoisotopic (exact) mass is 240 g/mol.